The molecule has 0 radical (unpaired) electrons. The van der Waals surface area contributed by atoms with Crippen molar-refractivity contribution in [3.8, 4) is 0 Å². The first kappa shape index (κ1) is 10.5. The molecule has 13 heavy (non-hydrogen) atoms. The fourth-order valence-corrected chi connectivity index (χ4v) is 1.28. The number of ether oxygens (including phenoxy) is 1. The summed E-state index contributed by atoms with van der Waals surface area (Å²) in [5, 5.41) is 2.88. The Bertz CT molecular complexity index is 198. The summed E-state index contributed by atoms with van der Waals surface area (Å²) >= 11 is 0. The van der Waals surface area contributed by atoms with Gasteiger partial charge in [-0.15, -0.1) is 0 Å². The second-order valence-corrected chi connectivity index (χ2v) is 4.17. The van der Waals surface area contributed by atoms with Crippen LogP contribution in [0.1, 0.15) is 27.2 Å². The van der Waals surface area contributed by atoms with Crippen molar-refractivity contribution in [1.29, 1.82) is 0 Å². The second kappa shape index (κ2) is 3.64. The molecule has 1 aliphatic heterocycles. The third-order valence-electron chi connectivity index (χ3n) is 2.28. The van der Waals surface area contributed by atoms with Crippen LogP contribution < -0.4 is 11.1 Å². The predicted octanol–water partition coefficient (Wildman–Crippen LogP) is 0.0173. The smallest absolute Gasteiger partial charge is 0.239 e. The lowest BCUT2D eigenvalue weighted by Gasteiger charge is -2.22. The van der Waals surface area contributed by atoms with Crippen LogP contribution in [0.25, 0.3) is 0 Å². The van der Waals surface area contributed by atoms with Crippen LogP contribution in [0, 0.1) is 0 Å². The second-order valence-electron chi connectivity index (χ2n) is 4.17. The molecule has 0 bridgehead atoms. The van der Waals surface area contributed by atoms with Crippen molar-refractivity contribution in [2.24, 2.45) is 5.73 Å². The van der Waals surface area contributed by atoms with E-state index in [1.807, 2.05) is 6.92 Å². The zero-order valence-electron chi connectivity index (χ0n) is 8.46. The van der Waals surface area contributed by atoms with Crippen molar-refractivity contribution in [2.45, 2.75) is 44.9 Å². The fraction of sp³-hybridized carbons (Fsp3) is 0.889. The zero-order chi connectivity index (χ0) is 10.1. The molecule has 2 unspecified atom stereocenters. The van der Waals surface area contributed by atoms with Gasteiger partial charge < -0.3 is 15.8 Å². The lowest BCUT2D eigenvalue weighted by atomic mass is 10.0. The molecule has 1 aliphatic rings. The molecule has 2 atom stereocenters. The van der Waals surface area contributed by atoms with Gasteiger partial charge in [0.1, 0.15) is 0 Å². The summed E-state index contributed by atoms with van der Waals surface area (Å²) in [6.45, 7) is 6.07. The average Bonchev–Trinajstić information content (AvgIpc) is 2.34. The van der Waals surface area contributed by atoms with Crippen molar-refractivity contribution in [3.05, 3.63) is 0 Å². The van der Waals surface area contributed by atoms with Gasteiger partial charge in [-0.1, -0.05) is 0 Å². The maximum absolute atomic E-state index is 11.5. The Morgan fingerprint density at radius 2 is 2.23 bits per heavy atom. The lowest BCUT2D eigenvalue weighted by Crippen LogP contribution is -2.53. The first-order valence-electron chi connectivity index (χ1n) is 4.62. The van der Waals surface area contributed by atoms with Gasteiger partial charge in [0.2, 0.25) is 5.91 Å². The molecule has 0 aliphatic carbocycles. The van der Waals surface area contributed by atoms with Gasteiger partial charge in [0.15, 0.2) is 0 Å². The van der Waals surface area contributed by atoms with Gasteiger partial charge in [0, 0.05) is 6.61 Å². The third kappa shape index (κ3) is 2.67. The van der Waals surface area contributed by atoms with E-state index >= 15 is 0 Å². The van der Waals surface area contributed by atoms with Crippen LogP contribution in [0.3, 0.4) is 0 Å². The average molecular weight is 186 g/mol. The van der Waals surface area contributed by atoms with E-state index in [0.29, 0.717) is 0 Å². The molecule has 0 saturated carbocycles. The van der Waals surface area contributed by atoms with Crippen molar-refractivity contribution in [1.82, 2.24) is 5.32 Å². The monoisotopic (exact) mass is 186 g/mol. The summed E-state index contributed by atoms with van der Waals surface area (Å²) in [7, 11) is 0. The fourth-order valence-electron chi connectivity index (χ4n) is 1.28. The van der Waals surface area contributed by atoms with Crippen LogP contribution in [-0.4, -0.2) is 30.2 Å². The Hall–Kier alpha value is -0.610. The molecule has 1 amide bonds. The first-order chi connectivity index (χ1) is 5.91. The molecule has 0 aromatic rings. The van der Waals surface area contributed by atoms with Crippen molar-refractivity contribution >= 4 is 5.91 Å². The van der Waals surface area contributed by atoms with Crippen molar-refractivity contribution in [2.75, 3.05) is 6.61 Å². The summed E-state index contributed by atoms with van der Waals surface area (Å²) < 4.78 is 5.32. The third-order valence-corrected chi connectivity index (χ3v) is 2.28. The summed E-state index contributed by atoms with van der Waals surface area (Å²) in [5.41, 5.74) is 4.85. The first-order valence-corrected chi connectivity index (χ1v) is 4.62. The van der Waals surface area contributed by atoms with E-state index < -0.39 is 5.54 Å². The highest BCUT2D eigenvalue weighted by molar-refractivity contribution is 5.85. The van der Waals surface area contributed by atoms with E-state index in [-0.39, 0.29) is 18.1 Å². The quantitative estimate of drug-likeness (QED) is 0.639. The Morgan fingerprint density at radius 1 is 1.62 bits per heavy atom. The molecule has 0 spiro atoms. The zero-order valence-corrected chi connectivity index (χ0v) is 8.46. The van der Waals surface area contributed by atoms with Gasteiger partial charge >= 0.3 is 0 Å². The van der Waals surface area contributed by atoms with Crippen LogP contribution in [-0.2, 0) is 9.53 Å². The molecule has 0 aromatic heterocycles. The van der Waals surface area contributed by atoms with Gasteiger partial charge in [-0.05, 0) is 27.2 Å². The molecule has 1 saturated heterocycles. The summed E-state index contributed by atoms with van der Waals surface area (Å²) in [6, 6.07) is 0.121. The number of carbonyl (C=O) groups is 1. The molecule has 3 N–H and O–H groups in total. The number of amides is 1. The summed E-state index contributed by atoms with van der Waals surface area (Å²) in [4.78, 5) is 11.5. The maximum Gasteiger partial charge on any atom is 0.239 e. The number of rotatable bonds is 2. The van der Waals surface area contributed by atoms with Crippen LogP contribution in [0.2, 0.25) is 0 Å². The minimum Gasteiger partial charge on any atom is -0.376 e. The number of nitrogens with one attached hydrogen (secondary N) is 1. The topological polar surface area (TPSA) is 64.3 Å². The molecule has 1 heterocycles. The highest BCUT2D eigenvalue weighted by Crippen LogP contribution is 2.13. The molecule has 0 aromatic carbocycles. The predicted molar refractivity (Wildman–Crippen MR) is 50.2 cm³/mol. The Kier molecular flexibility index (Phi) is 2.93. The number of hydrogen-bond acceptors (Lipinski definition) is 3. The normalized spacial score (nSPS) is 28.9. The van der Waals surface area contributed by atoms with Crippen LogP contribution in [0.15, 0.2) is 0 Å². The van der Waals surface area contributed by atoms with E-state index in [2.05, 4.69) is 5.32 Å². The van der Waals surface area contributed by atoms with Crippen LogP contribution in [0.5, 0.6) is 0 Å². The van der Waals surface area contributed by atoms with Crippen LogP contribution in [0.4, 0.5) is 0 Å². The Balaban J connectivity index is 2.45. The number of hydrogen-bond donors (Lipinski definition) is 2. The Morgan fingerprint density at radius 3 is 2.62 bits per heavy atom. The van der Waals surface area contributed by atoms with Gasteiger partial charge in [0.05, 0.1) is 17.7 Å². The van der Waals surface area contributed by atoms with Crippen LogP contribution >= 0.6 is 0 Å². The highest BCUT2D eigenvalue weighted by atomic mass is 16.5. The van der Waals surface area contributed by atoms with Crippen molar-refractivity contribution < 1.29 is 9.53 Å². The standard InChI is InChI=1S/C9H18N2O2/c1-6-7(4-5-13-6)11-8(12)9(2,3)10/h6-7H,4-5,10H2,1-3H3,(H,11,12). The largest absolute Gasteiger partial charge is 0.376 e. The highest BCUT2D eigenvalue weighted by Gasteiger charge is 2.30. The molecule has 1 fully saturated rings. The SMILES string of the molecule is CC1OCCC1NC(=O)C(C)(C)N. The minimum atomic E-state index is -0.803. The van der Waals surface area contributed by atoms with E-state index in [1.54, 1.807) is 13.8 Å². The van der Waals surface area contributed by atoms with Gasteiger partial charge in [-0.2, -0.15) is 0 Å². The maximum atomic E-state index is 11.5. The molecule has 76 valence electrons. The molecular weight excluding hydrogens is 168 g/mol. The van der Waals surface area contributed by atoms with E-state index in [9.17, 15) is 4.79 Å². The minimum absolute atomic E-state index is 0.103. The lowest BCUT2D eigenvalue weighted by molar-refractivity contribution is -0.126. The Labute approximate surface area is 78.8 Å². The van der Waals surface area contributed by atoms with Gasteiger partial charge in [0.25, 0.3) is 0 Å². The summed E-state index contributed by atoms with van der Waals surface area (Å²) in [5.74, 6) is -0.116. The molecular formula is C9H18N2O2. The molecule has 4 heteroatoms. The van der Waals surface area contributed by atoms with Gasteiger partial charge in [-0.25, -0.2) is 0 Å². The van der Waals surface area contributed by atoms with Gasteiger partial charge in [-0.3, -0.25) is 4.79 Å². The molecule has 4 nitrogen and oxygen atoms in total. The van der Waals surface area contributed by atoms with E-state index in [1.165, 1.54) is 0 Å². The van der Waals surface area contributed by atoms with Crippen molar-refractivity contribution in [3.63, 3.8) is 0 Å². The van der Waals surface area contributed by atoms with E-state index in [4.69, 9.17) is 10.5 Å². The number of carbonyl (C=O) groups excluding carboxylic acids is 1. The van der Waals surface area contributed by atoms with E-state index in [0.717, 1.165) is 13.0 Å². The number of nitrogens with two attached hydrogens (primary N) is 1. The summed E-state index contributed by atoms with van der Waals surface area (Å²) in [6.07, 6.45) is 0.981. The molecule has 1 rings (SSSR count).